The molecule has 6 nitrogen and oxygen atoms in total. The van der Waals surface area contributed by atoms with E-state index < -0.39 is 10.0 Å². The SMILES string of the molecule is Cc1nn(C)c(C)c1S(=O)(=O)Nc1cccc(CN)c1. The van der Waals surface area contributed by atoms with E-state index in [1.807, 2.05) is 6.07 Å². The summed E-state index contributed by atoms with van der Waals surface area (Å²) in [7, 11) is -1.93. The van der Waals surface area contributed by atoms with Crippen LogP contribution in [-0.2, 0) is 23.6 Å². The largest absolute Gasteiger partial charge is 0.326 e. The van der Waals surface area contributed by atoms with E-state index in [0.717, 1.165) is 5.56 Å². The molecule has 0 bridgehead atoms. The summed E-state index contributed by atoms with van der Waals surface area (Å²) in [4.78, 5) is 0.221. The summed E-state index contributed by atoms with van der Waals surface area (Å²) in [6, 6.07) is 7.03. The van der Waals surface area contributed by atoms with Crippen LogP contribution in [0.4, 0.5) is 5.69 Å². The average Bonchev–Trinajstić information content (AvgIpc) is 2.63. The number of hydrogen-bond donors (Lipinski definition) is 2. The Hall–Kier alpha value is -1.86. The van der Waals surface area contributed by atoms with Crippen molar-refractivity contribution in [1.82, 2.24) is 9.78 Å². The second-order valence-corrected chi connectivity index (χ2v) is 6.25. The van der Waals surface area contributed by atoms with Crippen LogP contribution in [0.25, 0.3) is 0 Å². The van der Waals surface area contributed by atoms with Crippen LogP contribution >= 0.6 is 0 Å². The first kappa shape index (κ1) is 14.5. The molecule has 0 saturated carbocycles. The van der Waals surface area contributed by atoms with E-state index in [9.17, 15) is 8.42 Å². The van der Waals surface area contributed by atoms with Crippen molar-refractivity contribution in [3.05, 3.63) is 41.2 Å². The highest BCUT2D eigenvalue weighted by Crippen LogP contribution is 2.22. The van der Waals surface area contributed by atoms with Crippen molar-refractivity contribution in [2.75, 3.05) is 4.72 Å². The highest BCUT2D eigenvalue weighted by atomic mass is 32.2. The van der Waals surface area contributed by atoms with Crippen LogP contribution in [0, 0.1) is 13.8 Å². The van der Waals surface area contributed by atoms with Gasteiger partial charge in [0.2, 0.25) is 0 Å². The molecule has 2 aromatic rings. The Balaban J connectivity index is 2.40. The monoisotopic (exact) mass is 294 g/mol. The zero-order chi connectivity index (χ0) is 14.9. The van der Waals surface area contributed by atoms with Gasteiger partial charge < -0.3 is 5.73 Å². The lowest BCUT2D eigenvalue weighted by molar-refractivity contribution is 0.599. The quantitative estimate of drug-likeness (QED) is 0.889. The highest BCUT2D eigenvalue weighted by Gasteiger charge is 2.23. The number of nitrogens with zero attached hydrogens (tertiary/aromatic N) is 2. The highest BCUT2D eigenvalue weighted by molar-refractivity contribution is 7.92. The van der Waals surface area contributed by atoms with E-state index >= 15 is 0 Å². The number of rotatable bonds is 4. The van der Waals surface area contributed by atoms with Gasteiger partial charge >= 0.3 is 0 Å². The minimum Gasteiger partial charge on any atom is -0.326 e. The molecule has 1 aromatic heterocycles. The number of benzene rings is 1. The predicted molar refractivity (Wildman–Crippen MR) is 77.8 cm³/mol. The van der Waals surface area contributed by atoms with Crippen LogP contribution in [0.1, 0.15) is 17.0 Å². The fourth-order valence-electron chi connectivity index (χ4n) is 2.11. The van der Waals surface area contributed by atoms with Crippen molar-refractivity contribution < 1.29 is 8.42 Å². The van der Waals surface area contributed by atoms with Gasteiger partial charge in [-0.15, -0.1) is 0 Å². The molecule has 1 heterocycles. The Morgan fingerprint density at radius 2 is 2.05 bits per heavy atom. The molecule has 0 saturated heterocycles. The third-order valence-electron chi connectivity index (χ3n) is 3.13. The normalized spacial score (nSPS) is 11.6. The van der Waals surface area contributed by atoms with Crippen molar-refractivity contribution >= 4 is 15.7 Å². The van der Waals surface area contributed by atoms with Crippen LogP contribution < -0.4 is 10.5 Å². The lowest BCUT2D eigenvalue weighted by atomic mass is 10.2. The molecule has 20 heavy (non-hydrogen) atoms. The Bertz CT molecular complexity index is 735. The molecule has 7 heteroatoms. The standard InChI is InChI=1S/C13H18N4O2S/c1-9-13(10(2)17(3)15-9)20(18,19)16-12-6-4-5-11(7-12)8-14/h4-7,16H,8,14H2,1-3H3. The zero-order valence-electron chi connectivity index (χ0n) is 11.7. The van der Waals surface area contributed by atoms with Crippen molar-refractivity contribution in [2.24, 2.45) is 12.8 Å². The third kappa shape index (κ3) is 2.68. The van der Waals surface area contributed by atoms with Crippen molar-refractivity contribution in [2.45, 2.75) is 25.3 Å². The summed E-state index contributed by atoms with van der Waals surface area (Å²) in [6.45, 7) is 3.77. The summed E-state index contributed by atoms with van der Waals surface area (Å²) < 4.78 is 29.0. The molecular weight excluding hydrogens is 276 g/mol. The minimum atomic E-state index is -3.65. The van der Waals surface area contributed by atoms with Gasteiger partial charge in [-0.05, 0) is 31.5 Å². The first-order valence-corrected chi connectivity index (χ1v) is 7.65. The minimum absolute atomic E-state index is 0.221. The average molecular weight is 294 g/mol. The number of aromatic nitrogens is 2. The van der Waals surface area contributed by atoms with Gasteiger partial charge in [0.05, 0.1) is 11.4 Å². The number of anilines is 1. The smallest absolute Gasteiger partial charge is 0.265 e. The molecule has 0 radical (unpaired) electrons. The molecule has 108 valence electrons. The number of nitrogens with two attached hydrogens (primary N) is 1. The molecule has 0 aliphatic rings. The Kier molecular flexibility index (Phi) is 3.82. The molecule has 0 unspecified atom stereocenters. The van der Waals surface area contributed by atoms with Crippen LogP contribution in [-0.4, -0.2) is 18.2 Å². The van der Waals surface area contributed by atoms with E-state index in [2.05, 4.69) is 9.82 Å². The number of aryl methyl sites for hydroxylation is 2. The molecule has 0 amide bonds. The zero-order valence-corrected chi connectivity index (χ0v) is 12.5. The number of hydrogen-bond acceptors (Lipinski definition) is 4. The maximum absolute atomic E-state index is 12.5. The molecule has 2 rings (SSSR count). The summed E-state index contributed by atoms with van der Waals surface area (Å²) in [6.07, 6.45) is 0. The molecule has 0 spiro atoms. The van der Waals surface area contributed by atoms with Gasteiger partial charge in [0.25, 0.3) is 10.0 Å². The predicted octanol–water partition coefficient (Wildman–Crippen LogP) is 1.30. The fraction of sp³-hybridized carbons (Fsp3) is 0.308. The molecule has 0 atom stereocenters. The second-order valence-electron chi connectivity index (χ2n) is 4.63. The third-order valence-corrected chi connectivity index (χ3v) is 4.76. The molecule has 1 aromatic carbocycles. The van der Waals surface area contributed by atoms with Crippen LogP contribution in [0.5, 0.6) is 0 Å². The summed E-state index contributed by atoms with van der Waals surface area (Å²) in [5, 5.41) is 4.13. The van der Waals surface area contributed by atoms with Crippen molar-refractivity contribution in [1.29, 1.82) is 0 Å². The van der Waals surface area contributed by atoms with Gasteiger partial charge in [0.15, 0.2) is 0 Å². The molecule has 0 aliphatic carbocycles. The van der Waals surface area contributed by atoms with E-state index in [-0.39, 0.29) is 4.90 Å². The van der Waals surface area contributed by atoms with Crippen LogP contribution in [0.3, 0.4) is 0 Å². The first-order chi connectivity index (χ1) is 9.35. The van der Waals surface area contributed by atoms with E-state index in [0.29, 0.717) is 23.6 Å². The van der Waals surface area contributed by atoms with Gasteiger partial charge in [-0.2, -0.15) is 5.10 Å². The van der Waals surface area contributed by atoms with Gasteiger partial charge in [0, 0.05) is 19.3 Å². The molecule has 0 fully saturated rings. The Labute approximate surface area is 118 Å². The maximum Gasteiger partial charge on any atom is 0.265 e. The van der Waals surface area contributed by atoms with Crippen LogP contribution in [0.2, 0.25) is 0 Å². The number of nitrogens with one attached hydrogen (secondary N) is 1. The van der Waals surface area contributed by atoms with E-state index in [4.69, 9.17) is 5.73 Å². The van der Waals surface area contributed by atoms with Gasteiger partial charge in [0.1, 0.15) is 4.90 Å². The van der Waals surface area contributed by atoms with Crippen molar-refractivity contribution in [3.8, 4) is 0 Å². The van der Waals surface area contributed by atoms with Crippen molar-refractivity contribution in [3.63, 3.8) is 0 Å². The maximum atomic E-state index is 12.5. The summed E-state index contributed by atoms with van der Waals surface area (Å²) in [5.74, 6) is 0. The van der Waals surface area contributed by atoms with Gasteiger partial charge in [-0.1, -0.05) is 12.1 Å². The lowest BCUT2D eigenvalue weighted by Crippen LogP contribution is -2.15. The number of sulfonamides is 1. The van der Waals surface area contributed by atoms with E-state index in [1.54, 1.807) is 43.8 Å². The second kappa shape index (κ2) is 5.26. The first-order valence-electron chi connectivity index (χ1n) is 6.17. The lowest BCUT2D eigenvalue weighted by Gasteiger charge is -2.09. The van der Waals surface area contributed by atoms with Gasteiger partial charge in [-0.25, -0.2) is 8.42 Å². The topological polar surface area (TPSA) is 90.0 Å². The van der Waals surface area contributed by atoms with E-state index in [1.165, 1.54) is 0 Å². The Morgan fingerprint density at radius 1 is 1.35 bits per heavy atom. The molecule has 3 N–H and O–H groups in total. The van der Waals surface area contributed by atoms with Gasteiger partial charge in [-0.3, -0.25) is 9.40 Å². The molecular formula is C13H18N4O2S. The summed E-state index contributed by atoms with van der Waals surface area (Å²) in [5.41, 5.74) is 8.00. The van der Waals surface area contributed by atoms with Crippen LogP contribution in [0.15, 0.2) is 29.2 Å². The fourth-order valence-corrected chi connectivity index (χ4v) is 3.60. The summed E-state index contributed by atoms with van der Waals surface area (Å²) >= 11 is 0. The molecule has 0 aliphatic heterocycles. The Morgan fingerprint density at radius 3 is 2.60 bits per heavy atom.